The number of para-hydroxylation sites is 1. The maximum Gasteiger partial charge on any atom is 0.0641 e. The van der Waals surface area contributed by atoms with Gasteiger partial charge in [0.1, 0.15) is 0 Å². The number of benzene rings is 1. The second-order valence-corrected chi connectivity index (χ2v) is 5.29. The summed E-state index contributed by atoms with van der Waals surface area (Å²) in [6.07, 6.45) is 2.70. The zero-order chi connectivity index (χ0) is 13.0. The molecule has 3 nitrogen and oxygen atoms in total. The molecule has 0 spiro atoms. The van der Waals surface area contributed by atoms with Crippen LogP contribution in [0.15, 0.2) is 24.3 Å². The maximum absolute atomic E-state index is 6.00. The van der Waals surface area contributed by atoms with Crippen molar-refractivity contribution in [3.05, 3.63) is 29.8 Å². The molecule has 100 valence electrons. The van der Waals surface area contributed by atoms with E-state index in [-0.39, 0.29) is 6.04 Å². The van der Waals surface area contributed by atoms with Gasteiger partial charge in [0.15, 0.2) is 0 Å². The Bertz CT molecular complexity index is 375. The zero-order valence-electron chi connectivity index (χ0n) is 11.4. The van der Waals surface area contributed by atoms with Gasteiger partial charge in [0.25, 0.3) is 0 Å². The number of likely N-dealkylation sites (N-methyl/N-ethyl adjacent to an activating group) is 1. The van der Waals surface area contributed by atoms with E-state index in [4.69, 9.17) is 10.5 Å². The predicted octanol–water partition coefficient (Wildman–Crippen LogP) is 2.57. The zero-order valence-corrected chi connectivity index (χ0v) is 11.4. The molecule has 2 N–H and O–H groups in total. The summed E-state index contributed by atoms with van der Waals surface area (Å²) in [4.78, 5) is 2.23. The van der Waals surface area contributed by atoms with E-state index >= 15 is 0 Å². The van der Waals surface area contributed by atoms with Gasteiger partial charge >= 0.3 is 0 Å². The Morgan fingerprint density at radius 3 is 2.78 bits per heavy atom. The topological polar surface area (TPSA) is 38.5 Å². The fraction of sp³-hybridized carbons (Fsp3) is 0.600. The van der Waals surface area contributed by atoms with Crippen LogP contribution in [-0.2, 0) is 4.74 Å². The Balaban J connectivity index is 1.84. The maximum atomic E-state index is 6.00. The molecular formula is C15H24N2O. The first-order valence-electron chi connectivity index (χ1n) is 6.82. The van der Waals surface area contributed by atoms with Crippen LogP contribution in [0.4, 0.5) is 5.69 Å². The van der Waals surface area contributed by atoms with E-state index in [2.05, 4.69) is 30.1 Å². The van der Waals surface area contributed by atoms with E-state index < -0.39 is 0 Å². The van der Waals surface area contributed by atoms with E-state index in [1.54, 1.807) is 0 Å². The Morgan fingerprint density at radius 1 is 1.39 bits per heavy atom. The molecule has 0 aliphatic heterocycles. The highest BCUT2D eigenvalue weighted by Crippen LogP contribution is 2.28. The first-order valence-corrected chi connectivity index (χ1v) is 6.82. The predicted molar refractivity (Wildman–Crippen MR) is 75.9 cm³/mol. The summed E-state index contributed by atoms with van der Waals surface area (Å²) in [6, 6.07) is 8.39. The summed E-state index contributed by atoms with van der Waals surface area (Å²) in [7, 11) is 2.10. The van der Waals surface area contributed by atoms with Gasteiger partial charge in [0, 0.05) is 31.9 Å². The summed E-state index contributed by atoms with van der Waals surface area (Å²) in [6.45, 7) is 4.66. The summed E-state index contributed by atoms with van der Waals surface area (Å²) >= 11 is 0. The molecule has 1 saturated carbocycles. The van der Waals surface area contributed by atoms with Crippen molar-refractivity contribution in [2.75, 3.05) is 31.7 Å². The largest absolute Gasteiger partial charge is 0.379 e. The number of hydrogen-bond donors (Lipinski definition) is 1. The van der Waals surface area contributed by atoms with Gasteiger partial charge < -0.3 is 15.4 Å². The third-order valence-electron chi connectivity index (χ3n) is 3.46. The van der Waals surface area contributed by atoms with Crippen molar-refractivity contribution >= 4 is 5.69 Å². The van der Waals surface area contributed by atoms with E-state index in [1.165, 1.54) is 24.1 Å². The van der Waals surface area contributed by atoms with E-state index in [0.29, 0.717) is 0 Å². The van der Waals surface area contributed by atoms with Crippen LogP contribution in [0.2, 0.25) is 0 Å². The molecule has 1 aliphatic carbocycles. The molecule has 2 rings (SSSR count). The molecule has 0 amide bonds. The molecule has 1 aliphatic rings. The van der Waals surface area contributed by atoms with Crippen LogP contribution in [0.1, 0.15) is 31.4 Å². The smallest absolute Gasteiger partial charge is 0.0641 e. The van der Waals surface area contributed by atoms with Crippen molar-refractivity contribution in [2.45, 2.75) is 25.8 Å². The second kappa shape index (κ2) is 6.21. The van der Waals surface area contributed by atoms with Crippen molar-refractivity contribution < 1.29 is 4.74 Å². The molecule has 0 saturated heterocycles. The minimum absolute atomic E-state index is 0.0658. The molecule has 18 heavy (non-hydrogen) atoms. The molecule has 0 heterocycles. The first kappa shape index (κ1) is 13.4. The molecule has 1 fully saturated rings. The lowest BCUT2D eigenvalue weighted by atomic mass is 10.1. The summed E-state index contributed by atoms with van der Waals surface area (Å²) < 4.78 is 5.68. The average Bonchev–Trinajstić information content (AvgIpc) is 3.18. The Kier molecular flexibility index (Phi) is 4.61. The lowest BCUT2D eigenvalue weighted by molar-refractivity contribution is 0.131. The second-order valence-electron chi connectivity index (χ2n) is 5.29. The van der Waals surface area contributed by atoms with Crippen LogP contribution >= 0.6 is 0 Å². The van der Waals surface area contributed by atoms with Crippen molar-refractivity contribution in [3.63, 3.8) is 0 Å². The SMILES string of the molecule is CC(N)c1ccccc1N(C)CCOCC1CC1. The normalized spacial score (nSPS) is 16.6. The lowest BCUT2D eigenvalue weighted by Crippen LogP contribution is -2.25. The van der Waals surface area contributed by atoms with Crippen molar-refractivity contribution in [1.82, 2.24) is 0 Å². The molecule has 1 aromatic rings. The molecule has 0 aromatic heterocycles. The summed E-state index contributed by atoms with van der Waals surface area (Å²) in [5.41, 5.74) is 8.40. The highest BCUT2D eigenvalue weighted by atomic mass is 16.5. The van der Waals surface area contributed by atoms with E-state index in [1.807, 2.05) is 13.0 Å². The van der Waals surface area contributed by atoms with E-state index in [0.717, 1.165) is 25.7 Å². The van der Waals surface area contributed by atoms with Crippen LogP contribution < -0.4 is 10.6 Å². The van der Waals surface area contributed by atoms with Gasteiger partial charge in [-0.2, -0.15) is 0 Å². The van der Waals surface area contributed by atoms with Crippen LogP contribution in [0.3, 0.4) is 0 Å². The molecule has 0 bridgehead atoms. The van der Waals surface area contributed by atoms with Gasteiger partial charge in [-0.25, -0.2) is 0 Å². The molecule has 1 atom stereocenters. The van der Waals surface area contributed by atoms with Gasteiger partial charge in [-0.1, -0.05) is 18.2 Å². The summed E-state index contributed by atoms with van der Waals surface area (Å²) in [5.74, 6) is 0.839. The minimum atomic E-state index is 0.0658. The highest BCUT2D eigenvalue weighted by molar-refractivity contribution is 5.54. The van der Waals surface area contributed by atoms with Gasteiger partial charge in [-0.3, -0.25) is 0 Å². The Hall–Kier alpha value is -1.06. The van der Waals surface area contributed by atoms with Crippen LogP contribution in [0, 0.1) is 5.92 Å². The lowest BCUT2D eigenvalue weighted by Gasteiger charge is -2.23. The number of rotatable bonds is 7. The molecule has 3 heteroatoms. The molecular weight excluding hydrogens is 224 g/mol. The van der Waals surface area contributed by atoms with Crippen molar-refractivity contribution in [1.29, 1.82) is 0 Å². The third kappa shape index (κ3) is 3.72. The highest BCUT2D eigenvalue weighted by Gasteiger charge is 2.21. The fourth-order valence-electron chi connectivity index (χ4n) is 2.08. The fourth-order valence-corrected chi connectivity index (χ4v) is 2.08. The minimum Gasteiger partial charge on any atom is -0.379 e. The monoisotopic (exact) mass is 248 g/mol. The molecule has 1 aromatic carbocycles. The van der Waals surface area contributed by atoms with Crippen molar-refractivity contribution in [2.24, 2.45) is 11.7 Å². The molecule has 1 unspecified atom stereocenters. The van der Waals surface area contributed by atoms with Gasteiger partial charge in [0.2, 0.25) is 0 Å². The number of nitrogens with zero attached hydrogens (tertiary/aromatic N) is 1. The number of nitrogens with two attached hydrogens (primary N) is 1. The van der Waals surface area contributed by atoms with E-state index in [9.17, 15) is 0 Å². The van der Waals surface area contributed by atoms with Crippen LogP contribution in [-0.4, -0.2) is 26.8 Å². The molecule has 0 radical (unpaired) electrons. The average molecular weight is 248 g/mol. The number of hydrogen-bond acceptors (Lipinski definition) is 3. The van der Waals surface area contributed by atoms with Gasteiger partial charge in [-0.15, -0.1) is 0 Å². The standard InChI is InChI=1S/C15H24N2O/c1-12(16)14-5-3-4-6-15(14)17(2)9-10-18-11-13-7-8-13/h3-6,12-13H,7-11,16H2,1-2H3. The van der Waals surface area contributed by atoms with Crippen molar-refractivity contribution in [3.8, 4) is 0 Å². The van der Waals surface area contributed by atoms with Gasteiger partial charge in [-0.05, 0) is 37.3 Å². The van der Waals surface area contributed by atoms with Gasteiger partial charge in [0.05, 0.1) is 6.61 Å². The quantitative estimate of drug-likeness (QED) is 0.754. The first-order chi connectivity index (χ1) is 8.68. The number of ether oxygens (including phenoxy) is 1. The third-order valence-corrected chi connectivity index (χ3v) is 3.46. The Labute approximate surface area is 110 Å². The number of anilines is 1. The van der Waals surface area contributed by atoms with Crippen LogP contribution in [0.25, 0.3) is 0 Å². The Morgan fingerprint density at radius 2 is 2.11 bits per heavy atom. The summed E-state index contributed by atoms with van der Waals surface area (Å²) in [5, 5.41) is 0. The van der Waals surface area contributed by atoms with Crippen LogP contribution in [0.5, 0.6) is 0 Å².